The molecule has 2 heterocycles. The van der Waals surface area contributed by atoms with E-state index in [1.165, 1.54) is 45.4 Å². The minimum absolute atomic E-state index is 0.0498. The Morgan fingerprint density at radius 3 is 2.54 bits per heavy atom. The van der Waals surface area contributed by atoms with Crippen LogP contribution in [0.25, 0.3) is 0 Å². The van der Waals surface area contributed by atoms with E-state index in [4.69, 9.17) is 21.6 Å². The Morgan fingerprint density at radius 1 is 1.22 bits per heavy atom. The molecule has 2 saturated heterocycles. The molecular formula is C33H46ClN5O2. The SMILES string of the molecule is C=C(CNC1C(C)(C)C(Oc2ccc(C#N)c(Cl)c2)C1(C)C)NC(O)C#CC1CCC(N2CC3(CCNC3)C2)CC1. The van der Waals surface area contributed by atoms with Gasteiger partial charge in [-0.3, -0.25) is 4.90 Å². The Balaban J connectivity index is 1.04. The van der Waals surface area contributed by atoms with E-state index in [9.17, 15) is 5.11 Å². The monoisotopic (exact) mass is 579 g/mol. The van der Waals surface area contributed by atoms with Gasteiger partial charge < -0.3 is 25.8 Å². The number of benzene rings is 1. The van der Waals surface area contributed by atoms with Gasteiger partial charge in [-0.15, -0.1) is 0 Å². The summed E-state index contributed by atoms with van der Waals surface area (Å²) < 4.78 is 6.37. The van der Waals surface area contributed by atoms with Crippen LogP contribution in [0.5, 0.6) is 5.75 Å². The first kappa shape index (κ1) is 30.2. The first-order valence-corrected chi connectivity index (χ1v) is 15.5. The number of rotatable bonds is 8. The van der Waals surface area contributed by atoms with E-state index in [-0.39, 0.29) is 23.0 Å². The van der Waals surface area contributed by atoms with Crippen molar-refractivity contribution in [3.8, 4) is 23.7 Å². The molecule has 2 aliphatic carbocycles. The van der Waals surface area contributed by atoms with E-state index in [0.29, 0.717) is 46.0 Å². The first-order valence-electron chi connectivity index (χ1n) is 15.1. The molecule has 4 aliphatic rings. The average molecular weight is 580 g/mol. The zero-order valence-corrected chi connectivity index (χ0v) is 25.8. The fourth-order valence-electron chi connectivity index (χ4n) is 8.18. The second-order valence-corrected chi connectivity index (χ2v) is 14.4. The molecule has 1 spiro atoms. The third kappa shape index (κ3) is 6.26. The zero-order chi connectivity index (χ0) is 29.4. The maximum Gasteiger partial charge on any atom is 0.188 e. The van der Waals surface area contributed by atoms with Gasteiger partial charge in [0.2, 0.25) is 0 Å². The molecule has 1 aromatic rings. The molecule has 0 radical (unpaired) electrons. The second-order valence-electron chi connectivity index (χ2n) is 14.0. The van der Waals surface area contributed by atoms with Gasteiger partial charge in [-0.05, 0) is 56.7 Å². The maximum atomic E-state index is 10.5. The van der Waals surface area contributed by atoms with Gasteiger partial charge >= 0.3 is 0 Å². The third-order valence-electron chi connectivity index (χ3n) is 10.1. The number of halogens is 1. The van der Waals surface area contributed by atoms with E-state index in [0.717, 1.165) is 12.8 Å². The summed E-state index contributed by atoms with van der Waals surface area (Å²) in [6, 6.07) is 8.16. The highest BCUT2D eigenvalue weighted by molar-refractivity contribution is 6.31. The minimum Gasteiger partial charge on any atom is -0.489 e. The van der Waals surface area contributed by atoms with E-state index in [1.54, 1.807) is 18.2 Å². The van der Waals surface area contributed by atoms with Crippen LogP contribution in [0.4, 0.5) is 0 Å². The first-order chi connectivity index (χ1) is 19.4. The number of hydrogen-bond acceptors (Lipinski definition) is 7. The van der Waals surface area contributed by atoms with Crippen LogP contribution in [0.1, 0.15) is 65.4 Å². The smallest absolute Gasteiger partial charge is 0.188 e. The van der Waals surface area contributed by atoms with Crippen LogP contribution in [0.3, 0.4) is 0 Å². The molecular weight excluding hydrogens is 534 g/mol. The van der Waals surface area contributed by atoms with Crippen molar-refractivity contribution in [2.75, 3.05) is 32.7 Å². The van der Waals surface area contributed by atoms with E-state index in [2.05, 4.69) is 73.0 Å². The van der Waals surface area contributed by atoms with Crippen LogP contribution in [-0.2, 0) is 0 Å². The van der Waals surface area contributed by atoms with Gasteiger partial charge in [-0.2, -0.15) is 5.26 Å². The van der Waals surface area contributed by atoms with Crippen molar-refractivity contribution in [3.05, 3.63) is 41.1 Å². The molecule has 4 fully saturated rings. The Kier molecular flexibility index (Phi) is 8.68. The Morgan fingerprint density at radius 2 is 1.93 bits per heavy atom. The summed E-state index contributed by atoms with van der Waals surface area (Å²) in [4.78, 5) is 2.69. The molecule has 41 heavy (non-hydrogen) atoms. The zero-order valence-electron chi connectivity index (χ0n) is 25.0. The maximum absolute atomic E-state index is 10.5. The van der Waals surface area contributed by atoms with E-state index in [1.807, 2.05) is 0 Å². The molecule has 8 heteroatoms. The molecule has 1 unspecified atom stereocenters. The predicted octanol–water partition coefficient (Wildman–Crippen LogP) is 4.26. The summed E-state index contributed by atoms with van der Waals surface area (Å²) in [5, 5.41) is 30.3. The summed E-state index contributed by atoms with van der Waals surface area (Å²) >= 11 is 6.22. The van der Waals surface area contributed by atoms with Crippen molar-refractivity contribution in [2.45, 2.75) is 84.2 Å². The number of aliphatic hydroxyl groups is 1. The molecule has 4 N–H and O–H groups in total. The minimum atomic E-state index is -0.924. The van der Waals surface area contributed by atoms with Crippen molar-refractivity contribution in [3.63, 3.8) is 0 Å². The number of ether oxygens (including phenoxy) is 1. The number of hydrogen-bond donors (Lipinski definition) is 4. The van der Waals surface area contributed by atoms with Gasteiger partial charge in [0.25, 0.3) is 0 Å². The Hall–Kier alpha value is -2.26. The largest absolute Gasteiger partial charge is 0.489 e. The lowest BCUT2D eigenvalue weighted by Gasteiger charge is -2.63. The van der Waals surface area contributed by atoms with Gasteiger partial charge in [0, 0.05) is 72.2 Å². The highest BCUT2D eigenvalue weighted by Crippen LogP contribution is 2.55. The van der Waals surface area contributed by atoms with Gasteiger partial charge in [-0.25, -0.2) is 0 Å². The van der Waals surface area contributed by atoms with Crippen molar-refractivity contribution < 1.29 is 9.84 Å². The summed E-state index contributed by atoms with van der Waals surface area (Å²) in [5.41, 5.74) is 1.38. The van der Waals surface area contributed by atoms with Crippen LogP contribution in [0.15, 0.2) is 30.5 Å². The number of likely N-dealkylation sites (tertiary alicyclic amines) is 1. The molecule has 7 nitrogen and oxygen atoms in total. The number of aliphatic hydroxyl groups excluding tert-OH is 1. The van der Waals surface area contributed by atoms with Crippen LogP contribution in [-0.4, -0.2) is 67.1 Å². The average Bonchev–Trinajstić information content (AvgIpc) is 3.40. The second kappa shape index (κ2) is 11.8. The summed E-state index contributed by atoms with van der Waals surface area (Å²) in [6.07, 6.45) is 4.99. The highest BCUT2D eigenvalue weighted by atomic mass is 35.5. The van der Waals surface area contributed by atoms with Gasteiger partial charge in [-0.1, -0.05) is 51.8 Å². The fraction of sp³-hybridized carbons (Fsp3) is 0.667. The predicted molar refractivity (Wildman–Crippen MR) is 163 cm³/mol. The van der Waals surface area contributed by atoms with Crippen molar-refractivity contribution in [1.29, 1.82) is 5.26 Å². The topological polar surface area (TPSA) is 92.6 Å². The van der Waals surface area contributed by atoms with Crippen LogP contribution in [0.2, 0.25) is 5.02 Å². The summed E-state index contributed by atoms with van der Waals surface area (Å²) in [7, 11) is 0. The normalized spacial score (nSPS) is 30.2. The van der Waals surface area contributed by atoms with Crippen LogP contribution in [0, 0.1) is 45.3 Å². The Bertz CT molecular complexity index is 1210. The molecule has 2 saturated carbocycles. The van der Waals surface area contributed by atoms with E-state index >= 15 is 0 Å². The Labute approximate surface area is 251 Å². The van der Waals surface area contributed by atoms with Crippen molar-refractivity contribution >= 4 is 11.6 Å². The molecule has 0 bridgehead atoms. The number of nitrogens with zero attached hydrogens (tertiary/aromatic N) is 2. The van der Waals surface area contributed by atoms with Gasteiger partial charge in [0.15, 0.2) is 6.23 Å². The molecule has 222 valence electrons. The molecule has 0 amide bonds. The molecule has 0 aromatic heterocycles. The van der Waals surface area contributed by atoms with Crippen molar-refractivity contribution in [2.24, 2.45) is 22.2 Å². The lowest BCUT2D eigenvalue weighted by molar-refractivity contribution is -0.167. The lowest BCUT2D eigenvalue weighted by Crippen LogP contribution is -2.74. The molecule has 5 rings (SSSR count). The summed E-state index contributed by atoms with van der Waals surface area (Å²) in [5.74, 6) is 7.37. The van der Waals surface area contributed by atoms with Gasteiger partial charge in [0.05, 0.1) is 10.6 Å². The lowest BCUT2D eigenvalue weighted by atomic mass is 9.49. The van der Waals surface area contributed by atoms with E-state index < -0.39 is 6.23 Å². The van der Waals surface area contributed by atoms with Gasteiger partial charge in [0.1, 0.15) is 17.9 Å². The third-order valence-corrected chi connectivity index (χ3v) is 10.4. The fourth-order valence-corrected chi connectivity index (χ4v) is 8.39. The summed E-state index contributed by atoms with van der Waals surface area (Å²) in [6.45, 7) is 18.3. The van der Waals surface area contributed by atoms with Crippen molar-refractivity contribution in [1.82, 2.24) is 20.9 Å². The molecule has 2 aliphatic heterocycles. The number of nitriles is 1. The van der Waals surface area contributed by atoms with Crippen LogP contribution < -0.4 is 20.7 Å². The quantitative estimate of drug-likeness (QED) is 0.270. The molecule has 1 atom stereocenters. The number of nitrogens with one attached hydrogen (secondary N) is 3. The van der Waals surface area contributed by atoms with Crippen LogP contribution >= 0.6 is 11.6 Å². The highest BCUT2D eigenvalue weighted by Gasteiger charge is 2.63. The standard InChI is InChI=1S/C33H46ClN5O2/c1-22(18-37-29-31(2,3)30(32(29,4)5)41-26-12-9-24(17-35)27(34)16-26)38-28(40)13-8-23-6-10-25(11-7-23)39-20-33(21-39)14-15-36-19-33/h9,12,16,23,25,28-30,36-38,40H,1,6-7,10-11,14-15,18-21H2,2-5H3. The molecule has 1 aromatic carbocycles.